The molecule has 0 atom stereocenters. The summed E-state index contributed by atoms with van der Waals surface area (Å²) in [5, 5.41) is 3.09. The largest absolute Gasteiger partial charge is 0.378 e. The van der Waals surface area contributed by atoms with Crippen molar-refractivity contribution in [3.05, 3.63) is 21.8 Å². The molecule has 0 saturated carbocycles. The number of hydrogen-bond donors (Lipinski definition) is 1. The van der Waals surface area contributed by atoms with Crippen LogP contribution in [0.25, 0.3) is 11.5 Å². The zero-order chi connectivity index (χ0) is 13.8. The third-order valence-electron chi connectivity index (χ3n) is 2.72. The number of nitrogens with zero attached hydrogens (tertiary/aromatic N) is 4. The van der Waals surface area contributed by atoms with Crippen LogP contribution in [0, 0.1) is 3.57 Å². The first-order valence-corrected chi connectivity index (χ1v) is 7.02. The number of aromatic nitrogens is 4. The predicted octanol–water partition coefficient (Wildman–Crippen LogP) is 2.15. The molecule has 0 saturated heterocycles. The Morgan fingerprint density at radius 3 is 2.84 bits per heavy atom. The van der Waals surface area contributed by atoms with Gasteiger partial charge in [-0.2, -0.15) is 0 Å². The van der Waals surface area contributed by atoms with Crippen LogP contribution in [0.4, 0.5) is 5.82 Å². The van der Waals surface area contributed by atoms with Crippen molar-refractivity contribution < 1.29 is 4.74 Å². The Labute approximate surface area is 125 Å². The normalized spacial score (nSPS) is 10.7. The fourth-order valence-corrected chi connectivity index (χ4v) is 2.43. The summed E-state index contributed by atoms with van der Waals surface area (Å²) in [4.78, 5) is 13.3. The quantitative estimate of drug-likeness (QED) is 0.814. The van der Waals surface area contributed by atoms with Crippen molar-refractivity contribution in [1.29, 1.82) is 0 Å². The molecule has 0 aromatic carbocycles. The van der Waals surface area contributed by atoms with Gasteiger partial charge in [-0.25, -0.2) is 15.0 Å². The highest BCUT2D eigenvalue weighted by molar-refractivity contribution is 14.1. The second-order valence-corrected chi connectivity index (χ2v) is 4.98. The average molecular weight is 373 g/mol. The summed E-state index contributed by atoms with van der Waals surface area (Å²) in [6, 6.07) is 0. The number of ether oxygens (including phenoxy) is 1. The van der Waals surface area contributed by atoms with Gasteiger partial charge in [0, 0.05) is 20.7 Å². The van der Waals surface area contributed by atoms with Crippen LogP contribution in [-0.2, 0) is 17.9 Å². The molecule has 7 heteroatoms. The standard InChI is InChI=1S/C12H16IN5O/c1-4-18-7-15-5-9(18)11-16-8(6-19-3)10(13)12(14-2)17-11/h5,7H,4,6H2,1-3H3,(H,14,16,17). The van der Waals surface area contributed by atoms with Crippen molar-refractivity contribution in [2.24, 2.45) is 0 Å². The average Bonchev–Trinajstić information content (AvgIpc) is 2.89. The van der Waals surface area contributed by atoms with Gasteiger partial charge in [-0.1, -0.05) is 0 Å². The van der Waals surface area contributed by atoms with Crippen molar-refractivity contribution in [2.45, 2.75) is 20.1 Å². The molecule has 0 spiro atoms. The first-order valence-electron chi connectivity index (χ1n) is 5.94. The van der Waals surface area contributed by atoms with E-state index in [4.69, 9.17) is 4.74 Å². The Bertz CT molecular complexity index is 569. The Hall–Kier alpha value is -1.22. The molecule has 1 N–H and O–H groups in total. The first-order chi connectivity index (χ1) is 9.21. The highest BCUT2D eigenvalue weighted by Crippen LogP contribution is 2.24. The maximum absolute atomic E-state index is 5.19. The maximum Gasteiger partial charge on any atom is 0.180 e. The summed E-state index contributed by atoms with van der Waals surface area (Å²) in [6.45, 7) is 3.36. The SMILES string of the molecule is CCn1cncc1-c1nc(COC)c(I)c(NC)n1. The molecule has 2 aromatic rings. The van der Waals surface area contributed by atoms with Crippen molar-refractivity contribution in [3.8, 4) is 11.5 Å². The summed E-state index contributed by atoms with van der Waals surface area (Å²) < 4.78 is 8.18. The highest BCUT2D eigenvalue weighted by Gasteiger charge is 2.14. The number of anilines is 1. The molecule has 2 aromatic heterocycles. The van der Waals surface area contributed by atoms with Gasteiger partial charge < -0.3 is 14.6 Å². The van der Waals surface area contributed by atoms with E-state index in [0.29, 0.717) is 12.4 Å². The number of nitrogens with one attached hydrogen (secondary N) is 1. The summed E-state index contributed by atoms with van der Waals surface area (Å²) in [5.41, 5.74) is 1.79. The van der Waals surface area contributed by atoms with E-state index in [1.54, 1.807) is 19.6 Å². The molecule has 0 amide bonds. The molecule has 2 heterocycles. The molecule has 19 heavy (non-hydrogen) atoms. The molecular formula is C12H16IN5O. The third-order valence-corrected chi connectivity index (χ3v) is 3.85. The molecule has 0 radical (unpaired) electrons. The summed E-state index contributed by atoms with van der Waals surface area (Å²) >= 11 is 2.23. The Morgan fingerprint density at radius 2 is 2.21 bits per heavy atom. The highest BCUT2D eigenvalue weighted by atomic mass is 127. The fraction of sp³-hybridized carbons (Fsp3) is 0.417. The van der Waals surface area contributed by atoms with E-state index in [-0.39, 0.29) is 0 Å². The van der Waals surface area contributed by atoms with E-state index in [1.165, 1.54) is 0 Å². The van der Waals surface area contributed by atoms with Gasteiger partial charge in [0.05, 0.1) is 28.4 Å². The number of rotatable bonds is 5. The Morgan fingerprint density at radius 1 is 1.42 bits per heavy atom. The lowest BCUT2D eigenvalue weighted by Gasteiger charge is -2.11. The monoisotopic (exact) mass is 373 g/mol. The van der Waals surface area contributed by atoms with Gasteiger partial charge in [0.2, 0.25) is 0 Å². The van der Waals surface area contributed by atoms with Gasteiger partial charge in [-0.15, -0.1) is 0 Å². The number of aryl methyl sites for hydroxylation is 1. The van der Waals surface area contributed by atoms with Crippen LogP contribution in [-0.4, -0.2) is 33.7 Å². The van der Waals surface area contributed by atoms with E-state index in [9.17, 15) is 0 Å². The van der Waals surface area contributed by atoms with Crippen LogP contribution >= 0.6 is 22.6 Å². The van der Waals surface area contributed by atoms with Crippen LogP contribution in [0.5, 0.6) is 0 Å². The minimum atomic E-state index is 0.461. The molecule has 102 valence electrons. The number of halogens is 1. The molecule has 0 bridgehead atoms. The molecule has 0 aliphatic heterocycles. The lowest BCUT2D eigenvalue weighted by atomic mass is 10.3. The van der Waals surface area contributed by atoms with E-state index >= 15 is 0 Å². The zero-order valence-electron chi connectivity index (χ0n) is 11.1. The maximum atomic E-state index is 5.19. The van der Waals surface area contributed by atoms with Crippen LogP contribution in [0.2, 0.25) is 0 Å². The van der Waals surface area contributed by atoms with Crippen molar-refractivity contribution in [1.82, 2.24) is 19.5 Å². The van der Waals surface area contributed by atoms with Crippen LogP contribution in [0.3, 0.4) is 0 Å². The van der Waals surface area contributed by atoms with Gasteiger partial charge in [0.25, 0.3) is 0 Å². The van der Waals surface area contributed by atoms with Crippen LogP contribution in [0.15, 0.2) is 12.5 Å². The summed E-state index contributed by atoms with van der Waals surface area (Å²) in [5.74, 6) is 1.47. The minimum absolute atomic E-state index is 0.461. The molecular weight excluding hydrogens is 357 g/mol. The smallest absolute Gasteiger partial charge is 0.180 e. The van der Waals surface area contributed by atoms with Crippen LogP contribution in [0.1, 0.15) is 12.6 Å². The fourth-order valence-electron chi connectivity index (χ4n) is 1.77. The second kappa shape index (κ2) is 6.29. The van der Waals surface area contributed by atoms with Crippen molar-refractivity contribution >= 4 is 28.4 Å². The predicted molar refractivity (Wildman–Crippen MR) is 81.9 cm³/mol. The van der Waals surface area contributed by atoms with E-state index in [1.807, 2.05) is 11.6 Å². The molecule has 2 rings (SSSR count). The van der Waals surface area contributed by atoms with Crippen molar-refractivity contribution in [3.63, 3.8) is 0 Å². The van der Waals surface area contributed by atoms with E-state index in [2.05, 4.69) is 49.8 Å². The van der Waals surface area contributed by atoms with Gasteiger partial charge in [0.1, 0.15) is 11.5 Å². The van der Waals surface area contributed by atoms with Gasteiger partial charge in [-0.3, -0.25) is 0 Å². The van der Waals surface area contributed by atoms with Gasteiger partial charge in [0.15, 0.2) is 5.82 Å². The second-order valence-electron chi connectivity index (χ2n) is 3.90. The number of hydrogen-bond acceptors (Lipinski definition) is 5. The first kappa shape index (κ1) is 14.2. The van der Waals surface area contributed by atoms with E-state index in [0.717, 1.165) is 27.3 Å². The number of methoxy groups -OCH3 is 1. The lowest BCUT2D eigenvalue weighted by Crippen LogP contribution is -2.08. The number of imidazole rings is 1. The minimum Gasteiger partial charge on any atom is -0.378 e. The topological polar surface area (TPSA) is 64.9 Å². The van der Waals surface area contributed by atoms with Crippen molar-refractivity contribution in [2.75, 3.05) is 19.5 Å². The van der Waals surface area contributed by atoms with Gasteiger partial charge >= 0.3 is 0 Å². The van der Waals surface area contributed by atoms with Gasteiger partial charge in [-0.05, 0) is 29.5 Å². The molecule has 0 fully saturated rings. The van der Waals surface area contributed by atoms with E-state index < -0.39 is 0 Å². The van der Waals surface area contributed by atoms with Crippen LogP contribution < -0.4 is 5.32 Å². The Kier molecular flexibility index (Phi) is 4.70. The zero-order valence-corrected chi connectivity index (χ0v) is 13.3. The summed E-state index contributed by atoms with van der Waals surface area (Å²) in [6.07, 6.45) is 3.56. The lowest BCUT2D eigenvalue weighted by molar-refractivity contribution is 0.181. The third kappa shape index (κ3) is 2.86. The molecule has 0 aliphatic rings. The molecule has 0 aliphatic carbocycles. The summed E-state index contributed by atoms with van der Waals surface area (Å²) in [7, 11) is 3.51. The molecule has 6 nitrogen and oxygen atoms in total. The molecule has 0 unspecified atom stereocenters. The Balaban J connectivity index is 2.54.